The van der Waals surface area contributed by atoms with Crippen LogP contribution >= 0.6 is 34.5 Å². The van der Waals surface area contributed by atoms with E-state index in [9.17, 15) is 21.6 Å². The number of thiophene rings is 1. The second kappa shape index (κ2) is 10.5. The van der Waals surface area contributed by atoms with E-state index in [1.54, 1.807) is 11.4 Å². The number of rotatable bonds is 8. The van der Waals surface area contributed by atoms with Gasteiger partial charge in [-0.3, -0.25) is 14.2 Å². The highest BCUT2D eigenvalue weighted by molar-refractivity contribution is 7.94. The first-order valence-corrected chi connectivity index (χ1v) is 14.7. The van der Waals surface area contributed by atoms with Crippen molar-refractivity contribution >= 4 is 77.6 Å². The number of nitrogens with one attached hydrogen (secondary N) is 3. The summed E-state index contributed by atoms with van der Waals surface area (Å²) in [5, 5.41) is 4.90. The van der Waals surface area contributed by atoms with Crippen LogP contribution in [-0.2, 0) is 20.0 Å². The number of benzene rings is 3. The molecular formula is C23H17Cl2N3O5S3. The molecule has 1 heterocycles. The summed E-state index contributed by atoms with van der Waals surface area (Å²) in [6, 6.07) is 18.9. The fourth-order valence-electron chi connectivity index (χ4n) is 3.06. The van der Waals surface area contributed by atoms with Crippen molar-refractivity contribution in [3.63, 3.8) is 0 Å². The Bertz CT molecular complexity index is 1590. The van der Waals surface area contributed by atoms with E-state index in [-0.39, 0.29) is 30.4 Å². The minimum Gasteiger partial charge on any atom is -0.322 e. The van der Waals surface area contributed by atoms with Gasteiger partial charge in [0.1, 0.15) is 4.21 Å². The third-order valence-corrected chi connectivity index (χ3v) is 9.31. The van der Waals surface area contributed by atoms with Crippen LogP contribution in [0.3, 0.4) is 0 Å². The summed E-state index contributed by atoms with van der Waals surface area (Å²) in [7, 11) is -7.61. The summed E-state index contributed by atoms with van der Waals surface area (Å²) < 4.78 is 55.0. The molecule has 0 saturated carbocycles. The van der Waals surface area contributed by atoms with Crippen LogP contribution < -0.4 is 14.8 Å². The van der Waals surface area contributed by atoms with Crippen LogP contribution in [0, 0.1) is 0 Å². The van der Waals surface area contributed by atoms with Crippen LogP contribution in [0.1, 0.15) is 10.4 Å². The number of halogens is 2. The Hall–Kier alpha value is -3.09. The molecule has 0 unspecified atom stereocenters. The van der Waals surface area contributed by atoms with Crippen molar-refractivity contribution in [3.8, 4) is 0 Å². The van der Waals surface area contributed by atoms with Gasteiger partial charge in [-0.2, -0.15) is 0 Å². The lowest BCUT2D eigenvalue weighted by Gasteiger charge is -2.11. The lowest BCUT2D eigenvalue weighted by Crippen LogP contribution is -2.14. The minimum atomic E-state index is -3.92. The Labute approximate surface area is 222 Å². The lowest BCUT2D eigenvalue weighted by molar-refractivity contribution is 0.102. The molecule has 0 bridgehead atoms. The van der Waals surface area contributed by atoms with Crippen LogP contribution in [0.4, 0.5) is 17.1 Å². The topological polar surface area (TPSA) is 121 Å². The van der Waals surface area contributed by atoms with Gasteiger partial charge in [0.2, 0.25) is 0 Å². The monoisotopic (exact) mass is 581 g/mol. The van der Waals surface area contributed by atoms with E-state index in [0.29, 0.717) is 11.4 Å². The van der Waals surface area contributed by atoms with Crippen molar-refractivity contribution < 1.29 is 21.6 Å². The number of anilines is 3. The smallest absolute Gasteiger partial charge is 0.271 e. The summed E-state index contributed by atoms with van der Waals surface area (Å²) >= 11 is 12.9. The van der Waals surface area contributed by atoms with Crippen molar-refractivity contribution in [3.05, 3.63) is 99.9 Å². The highest BCUT2D eigenvalue weighted by Crippen LogP contribution is 2.25. The summed E-state index contributed by atoms with van der Waals surface area (Å²) in [6.07, 6.45) is 0. The number of sulfonamides is 2. The highest BCUT2D eigenvalue weighted by Gasteiger charge is 2.17. The molecule has 0 aliphatic carbocycles. The summed E-state index contributed by atoms with van der Waals surface area (Å²) in [5.41, 5.74) is 1.17. The second-order valence-corrected chi connectivity index (χ2v) is 12.8. The molecule has 186 valence electrons. The predicted octanol–water partition coefficient (Wildman–Crippen LogP) is 5.91. The van der Waals surface area contributed by atoms with Crippen molar-refractivity contribution in [1.82, 2.24) is 0 Å². The van der Waals surface area contributed by atoms with Crippen molar-refractivity contribution in [2.24, 2.45) is 0 Å². The summed E-state index contributed by atoms with van der Waals surface area (Å²) in [6.45, 7) is 0. The van der Waals surface area contributed by atoms with Crippen molar-refractivity contribution in [2.75, 3.05) is 14.8 Å². The Morgan fingerprint density at radius 2 is 1.28 bits per heavy atom. The molecule has 0 radical (unpaired) electrons. The van der Waals surface area contributed by atoms with Crippen molar-refractivity contribution in [2.45, 2.75) is 9.10 Å². The van der Waals surface area contributed by atoms with Gasteiger partial charge in [-0.05, 0) is 78.2 Å². The van der Waals surface area contributed by atoms with Gasteiger partial charge in [-0.25, -0.2) is 16.8 Å². The largest absolute Gasteiger partial charge is 0.322 e. The number of carbonyl (C=O) groups excluding carboxylic acids is 1. The molecule has 4 rings (SSSR count). The number of amides is 1. The Morgan fingerprint density at radius 1 is 0.694 bits per heavy atom. The molecule has 36 heavy (non-hydrogen) atoms. The first-order valence-electron chi connectivity index (χ1n) is 10.1. The fourth-order valence-corrected chi connectivity index (χ4v) is 6.68. The molecule has 13 heteroatoms. The quantitative estimate of drug-likeness (QED) is 0.239. The lowest BCUT2D eigenvalue weighted by atomic mass is 10.2. The molecule has 3 aromatic carbocycles. The minimum absolute atomic E-state index is 0.0287. The highest BCUT2D eigenvalue weighted by atomic mass is 35.5. The van der Waals surface area contributed by atoms with E-state index < -0.39 is 26.0 Å². The molecule has 0 saturated heterocycles. The molecule has 3 N–H and O–H groups in total. The van der Waals surface area contributed by atoms with Crippen LogP contribution in [0.5, 0.6) is 0 Å². The molecule has 1 amide bonds. The van der Waals surface area contributed by atoms with E-state index >= 15 is 0 Å². The Balaban J connectivity index is 1.40. The van der Waals surface area contributed by atoms with Crippen LogP contribution in [0.25, 0.3) is 0 Å². The molecule has 0 spiro atoms. The number of hydrogen-bond donors (Lipinski definition) is 3. The summed E-state index contributed by atoms with van der Waals surface area (Å²) in [4.78, 5) is 12.6. The average Bonchev–Trinajstić information content (AvgIpc) is 3.35. The SMILES string of the molecule is O=C(Nc1ccc(S(=O)(=O)Nc2cc(Cl)cc(Cl)c2)cc1)c1ccc(NS(=O)(=O)c2cccs2)cc1. The zero-order valence-electron chi connectivity index (χ0n) is 18.1. The van der Waals surface area contributed by atoms with E-state index in [4.69, 9.17) is 23.2 Å². The fraction of sp³-hybridized carbons (Fsp3) is 0. The standard InChI is InChI=1S/C23H17Cl2N3O5S3/c24-16-12-17(25)14-20(13-16)28-35(30,31)21-9-7-18(8-10-21)26-23(29)15-3-5-19(6-4-15)27-36(32,33)22-2-1-11-34-22/h1-14,27-28H,(H,26,29). The molecule has 0 aliphatic heterocycles. The molecular weight excluding hydrogens is 565 g/mol. The number of carbonyl (C=O) groups is 1. The van der Waals surface area contributed by atoms with Gasteiger partial charge < -0.3 is 5.32 Å². The zero-order valence-corrected chi connectivity index (χ0v) is 22.1. The van der Waals surface area contributed by atoms with Gasteiger partial charge in [-0.15, -0.1) is 11.3 Å². The van der Waals surface area contributed by atoms with Crippen LogP contribution in [0.2, 0.25) is 10.0 Å². The van der Waals surface area contributed by atoms with E-state index in [2.05, 4.69) is 14.8 Å². The normalized spacial score (nSPS) is 11.6. The zero-order chi connectivity index (χ0) is 25.9. The third kappa shape index (κ3) is 6.37. The number of hydrogen-bond acceptors (Lipinski definition) is 6. The van der Waals surface area contributed by atoms with Crippen LogP contribution in [-0.4, -0.2) is 22.7 Å². The third-order valence-electron chi connectivity index (χ3n) is 4.70. The first-order chi connectivity index (χ1) is 17.0. The molecule has 4 aromatic rings. The maximum Gasteiger partial charge on any atom is 0.271 e. The van der Waals surface area contributed by atoms with Gasteiger partial charge in [0.25, 0.3) is 26.0 Å². The van der Waals surface area contributed by atoms with E-state index in [1.165, 1.54) is 72.8 Å². The van der Waals surface area contributed by atoms with Gasteiger partial charge in [0, 0.05) is 27.0 Å². The Kier molecular flexibility index (Phi) is 7.57. The predicted molar refractivity (Wildman–Crippen MR) is 143 cm³/mol. The van der Waals surface area contributed by atoms with E-state index in [0.717, 1.165) is 11.3 Å². The average molecular weight is 583 g/mol. The first kappa shape index (κ1) is 26.0. The maximum atomic E-state index is 12.7. The van der Waals surface area contributed by atoms with E-state index in [1.807, 2.05) is 0 Å². The van der Waals surface area contributed by atoms with Gasteiger partial charge in [-0.1, -0.05) is 29.3 Å². The van der Waals surface area contributed by atoms with Crippen LogP contribution in [0.15, 0.2) is 93.3 Å². The second-order valence-electron chi connectivity index (χ2n) is 7.36. The van der Waals surface area contributed by atoms with Gasteiger partial charge >= 0.3 is 0 Å². The van der Waals surface area contributed by atoms with Crippen molar-refractivity contribution in [1.29, 1.82) is 0 Å². The molecule has 8 nitrogen and oxygen atoms in total. The maximum absolute atomic E-state index is 12.7. The Morgan fingerprint density at radius 3 is 1.86 bits per heavy atom. The molecule has 0 fully saturated rings. The van der Waals surface area contributed by atoms with Gasteiger partial charge in [0.05, 0.1) is 10.6 Å². The van der Waals surface area contributed by atoms with Gasteiger partial charge in [0.15, 0.2) is 0 Å². The summed E-state index contributed by atoms with van der Waals surface area (Å²) in [5.74, 6) is -0.454. The molecule has 0 aliphatic rings. The molecule has 0 atom stereocenters. The molecule has 1 aromatic heterocycles.